The van der Waals surface area contributed by atoms with E-state index in [0.717, 1.165) is 55.0 Å². The fourth-order valence-corrected chi connectivity index (χ4v) is 9.30. The normalized spacial score (nSPS) is 39.2. The number of hydrogen-bond acceptors (Lipinski definition) is 2. The molecule has 8 atom stereocenters. The van der Waals surface area contributed by atoms with E-state index in [1.165, 1.54) is 64.2 Å². The summed E-state index contributed by atoms with van der Waals surface area (Å²) in [4.78, 5) is 0. The summed E-state index contributed by atoms with van der Waals surface area (Å²) in [6.07, 6.45) is 19.5. The Labute approximate surface area is 217 Å². The van der Waals surface area contributed by atoms with E-state index < -0.39 is 0 Å². The second-order valence-electron chi connectivity index (χ2n) is 13.6. The Balaban J connectivity index is 1.36. The number of hydrogen-bond donors (Lipinski definition) is 1. The van der Waals surface area contributed by atoms with Crippen molar-refractivity contribution >= 4 is 0 Å². The first kappa shape index (κ1) is 27.3. The lowest BCUT2D eigenvalue weighted by molar-refractivity contribution is -0.0635. The fourth-order valence-electron chi connectivity index (χ4n) is 9.30. The molecule has 198 valence electrons. The zero-order valence-corrected chi connectivity index (χ0v) is 23.6. The van der Waals surface area contributed by atoms with Gasteiger partial charge in [0.05, 0.1) is 19.3 Å². The van der Waals surface area contributed by atoms with Crippen molar-refractivity contribution in [1.82, 2.24) is 0 Å². The number of allylic oxidation sites excluding steroid dienone is 1. The molecule has 2 heteroatoms. The van der Waals surface area contributed by atoms with Crippen molar-refractivity contribution in [1.29, 1.82) is 0 Å². The molecule has 4 aliphatic rings. The minimum atomic E-state index is 0.156. The highest BCUT2D eigenvalue weighted by molar-refractivity contribution is 5.25. The third-order valence-corrected chi connectivity index (χ3v) is 11.2. The Kier molecular flexibility index (Phi) is 9.14. The lowest BCUT2D eigenvalue weighted by atomic mass is 9.47. The molecule has 1 N–H and O–H groups in total. The maximum atomic E-state index is 8.85. The van der Waals surface area contributed by atoms with Crippen molar-refractivity contribution in [3.05, 3.63) is 11.6 Å². The highest BCUT2D eigenvalue weighted by Gasteiger charge is 2.59. The Morgan fingerprint density at radius 2 is 1.80 bits per heavy atom. The van der Waals surface area contributed by atoms with Crippen LogP contribution in [0.4, 0.5) is 0 Å². The molecule has 35 heavy (non-hydrogen) atoms. The van der Waals surface area contributed by atoms with Crippen LogP contribution >= 0.6 is 0 Å². The summed E-state index contributed by atoms with van der Waals surface area (Å²) >= 11 is 0. The van der Waals surface area contributed by atoms with Gasteiger partial charge in [-0.2, -0.15) is 0 Å². The number of aliphatic hydroxyl groups is 1. The zero-order chi connectivity index (χ0) is 25.1. The van der Waals surface area contributed by atoms with Crippen LogP contribution < -0.4 is 0 Å². The summed E-state index contributed by atoms with van der Waals surface area (Å²) in [6.45, 7) is 13.6. The minimum Gasteiger partial charge on any atom is -0.395 e. The lowest BCUT2D eigenvalue weighted by Crippen LogP contribution is -2.51. The van der Waals surface area contributed by atoms with E-state index >= 15 is 0 Å². The molecular formula is C33H54O2. The van der Waals surface area contributed by atoms with Crippen LogP contribution in [0, 0.1) is 58.2 Å². The molecule has 0 saturated heterocycles. The van der Waals surface area contributed by atoms with Crippen LogP contribution in [0.1, 0.15) is 118 Å². The first-order valence-electron chi connectivity index (χ1n) is 15.2. The van der Waals surface area contributed by atoms with Crippen LogP contribution in [0.25, 0.3) is 0 Å². The summed E-state index contributed by atoms with van der Waals surface area (Å²) in [6, 6.07) is 0. The van der Waals surface area contributed by atoms with E-state index in [9.17, 15) is 0 Å². The predicted octanol–water partition coefficient (Wildman–Crippen LogP) is 8.19. The van der Waals surface area contributed by atoms with Crippen molar-refractivity contribution in [2.24, 2.45) is 46.3 Å². The molecule has 3 saturated carbocycles. The van der Waals surface area contributed by atoms with Crippen LogP contribution in [0.15, 0.2) is 11.6 Å². The summed E-state index contributed by atoms with van der Waals surface area (Å²) in [5.74, 6) is 11.6. The average Bonchev–Trinajstić information content (AvgIpc) is 3.18. The minimum absolute atomic E-state index is 0.156. The van der Waals surface area contributed by atoms with Crippen LogP contribution in [-0.2, 0) is 4.74 Å². The van der Waals surface area contributed by atoms with Gasteiger partial charge in [-0.15, -0.1) is 11.8 Å². The molecule has 0 aromatic heterocycles. The second-order valence-corrected chi connectivity index (χ2v) is 13.6. The van der Waals surface area contributed by atoms with Gasteiger partial charge in [-0.25, -0.2) is 0 Å². The average molecular weight is 483 g/mol. The van der Waals surface area contributed by atoms with E-state index in [-0.39, 0.29) is 6.61 Å². The number of rotatable bonds is 9. The van der Waals surface area contributed by atoms with E-state index in [0.29, 0.717) is 23.4 Å². The molecule has 3 fully saturated rings. The Morgan fingerprint density at radius 3 is 2.57 bits per heavy atom. The first-order valence-corrected chi connectivity index (χ1v) is 15.2. The molecule has 0 amide bonds. The van der Waals surface area contributed by atoms with E-state index in [1.54, 1.807) is 5.57 Å². The third-order valence-electron chi connectivity index (χ3n) is 11.2. The molecule has 0 spiro atoms. The summed E-state index contributed by atoms with van der Waals surface area (Å²) in [7, 11) is 0. The van der Waals surface area contributed by atoms with Gasteiger partial charge in [0.1, 0.15) is 0 Å². The standard InChI is InChI=1S/C33H54O2/c1-24(2)11-10-12-25(3)29-15-16-30-28-14-13-26-23-27(35-22-9-7-6-8-21-34)17-19-32(26,4)31(28)18-20-33(29,30)5/h13,24-25,27-31,34H,8-12,14-23H2,1-5H3/t25-,27+,28+,29-,30+,31+,32+,33-/m1/s1. The molecule has 0 aromatic rings. The summed E-state index contributed by atoms with van der Waals surface area (Å²) in [5, 5.41) is 8.85. The largest absolute Gasteiger partial charge is 0.395 e. The van der Waals surface area contributed by atoms with Gasteiger partial charge in [-0.3, -0.25) is 0 Å². The topological polar surface area (TPSA) is 29.5 Å². The zero-order valence-electron chi connectivity index (χ0n) is 23.6. The van der Waals surface area contributed by atoms with Crippen molar-refractivity contribution < 1.29 is 9.84 Å². The van der Waals surface area contributed by atoms with Gasteiger partial charge in [-0.1, -0.05) is 65.5 Å². The van der Waals surface area contributed by atoms with Gasteiger partial charge in [0.2, 0.25) is 0 Å². The van der Waals surface area contributed by atoms with Crippen LogP contribution in [0.5, 0.6) is 0 Å². The molecule has 0 radical (unpaired) electrons. The Bertz CT molecular complexity index is 787. The van der Waals surface area contributed by atoms with Crippen LogP contribution in [0.3, 0.4) is 0 Å². The molecule has 0 aliphatic heterocycles. The highest BCUT2D eigenvalue weighted by atomic mass is 16.5. The molecule has 0 aromatic carbocycles. The van der Waals surface area contributed by atoms with Gasteiger partial charge in [0.15, 0.2) is 0 Å². The highest BCUT2D eigenvalue weighted by Crippen LogP contribution is 2.67. The van der Waals surface area contributed by atoms with E-state index in [1.807, 2.05) is 0 Å². The number of aliphatic hydroxyl groups excluding tert-OH is 1. The Morgan fingerprint density at radius 1 is 1.00 bits per heavy atom. The van der Waals surface area contributed by atoms with E-state index in [4.69, 9.17) is 9.84 Å². The molecular weight excluding hydrogens is 428 g/mol. The maximum Gasteiger partial charge on any atom is 0.0613 e. The van der Waals surface area contributed by atoms with Gasteiger partial charge in [0, 0.05) is 12.8 Å². The molecule has 0 unspecified atom stereocenters. The van der Waals surface area contributed by atoms with Gasteiger partial charge < -0.3 is 9.84 Å². The quantitative estimate of drug-likeness (QED) is 0.204. The van der Waals surface area contributed by atoms with Crippen LogP contribution in [-0.4, -0.2) is 24.4 Å². The molecule has 2 nitrogen and oxygen atoms in total. The van der Waals surface area contributed by atoms with Gasteiger partial charge in [0.25, 0.3) is 0 Å². The van der Waals surface area contributed by atoms with Crippen molar-refractivity contribution in [3.63, 3.8) is 0 Å². The van der Waals surface area contributed by atoms with Crippen molar-refractivity contribution in [2.75, 3.05) is 13.2 Å². The molecule has 0 bridgehead atoms. The third kappa shape index (κ3) is 5.72. The first-order chi connectivity index (χ1) is 16.8. The van der Waals surface area contributed by atoms with Crippen molar-refractivity contribution in [2.45, 2.75) is 124 Å². The smallest absolute Gasteiger partial charge is 0.0613 e. The van der Waals surface area contributed by atoms with E-state index in [2.05, 4.69) is 52.5 Å². The summed E-state index contributed by atoms with van der Waals surface area (Å²) in [5.41, 5.74) is 2.71. The summed E-state index contributed by atoms with van der Waals surface area (Å²) < 4.78 is 6.26. The lowest BCUT2D eigenvalue weighted by Gasteiger charge is -2.58. The maximum absolute atomic E-state index is 8.85. The molecule has 0 heterocycles. The predicted molar refractivity (Wildman–Crippen MR) is 147 cm³/mol. The second kappa shape index (κ2) is 11.7. The van der Waals surface area contributed by atoms with Gasteiger partial charge >= 0.3 is 0 Å². The monoisotopic (exact) mass is 482 g/mol. The molecule has 4 aliphatic carbocycles. The number of ether oxygens (including phenoxy) is 1. The Hall–Kier alpha value is -0.780. The van der Waals surface area contributed by atoms with Crippen molar-refractivity contribution in [3.8, 4) is 11.8 Å². The van der Waals surface area contributed by atoms with Crippen LogP contribution in [0.2, 0.25) is 0 Å². The van der Waals surface area contributed by atoms with Gasteiger partial charge in [-0.05, 0) is 97.7 Å². The number of fused-ring (bicyclic) bond motifs is 5. The SMILES string of the molecule is CC(C)CCC[C@@H](C)[C@H]1CC[C@H]2[C@@H]3CC=C4C[C@@H](OCCC#CCCO)CC[C@]4(C)[C@H]3CC[C@]12C. The fraction of sp³-hybridized carbons (Fsp3) is 0.879. The molecule has 4 rings (SSSR count).